The van der Waals surface area contributed by atoms with Crippen molar-refractivity contribution in [3.05, 3.63) is 63.5 Å². The molecule has 0 atom stereocenters. The average Bonchev–Trinajstić information content (AvgIpc) is 2.98. The molecule has 2 amide bonds. The van der Waals surface area contributed by atoms with E-state index < -0.39 is 5.91 Å². The quantitative estimate of drug-likeness (QED) is 0.403. The zero-order valence-electron chi connectivity index (χ0n) is 13.6. The summed E-state index contributed by atoms with van der Waals surface area (Å²) < 4.78 is 6.14. The van der Waals surface area contributed by atoms with Gasteiger partial charge in [-0.2, -0.15) is 0 Å². The number of hydrazine groups is 1. The van der Waals surface area contributed by atoms with Crippen molar-refractivity contribution >= 4 is 51.2 Å². The van der Waals surface area contributed by atoms with Gasteiger partial charge in [0.15, 0.2) is 5.11 Å². The third-order valence-electron chi connectivity index (χ3n) is 3.12. The molecule has 8 heteroatoms. The van der Waals surface area contributed by atoms with E-state index in [1.807, 2.05) is 19.9 Å². The molecule has 0 fully saturated rings. The van der Waals surface area contributed by atoms with Gasteiger partial charge in [-0.1, -0.05) is 22.0 Å². The topological polar surface area (TPSA) is 83.4 Å². The Morgan fingerprint density at radius 2 is 1.92 bits per heavy atom. The number of furan rings is 1. The van der Waals surface area contributed by atoms with Gasteiger partial charge in [-0.25, -0.2) is 0 Å². The predicted molar refractivity (Wildman–Crippen MR) is 103 cm³/mol. The van der Waals surface area contributed by atoms with Gasteiger partial charge in [0.05, 0.1) is 0 Å². The monoisotopic (exact) mass is 421 g/mol. The number of thiocarbonyl (C=S) groups is 1. The number of amides is 2. The van der Waals surface area contributed by atoms with Gasteiger partial charge in [0.1, 0.15) is 11.5 Å². The van der Waals surface area contributed by atoms with E-state index in [0.717, 1.165) is 15.8 Å². The minimum Gasteiger partial charge on any atom is -0.462 e. The number of aryl methyl sites for hydroxylation is 2. The van der Waals surface area contributed by atoms with Crippen LogP contribution in [0.1, 0.15) is 27.4 Å². The van der Waals surface area contributed by atoms with Crippen LogP contribution >= 0.6 is 28.1 Å². The highest BCUT2D eigenvalue weighted by Gasteiger charge is 2.08. The minimum absolute atomic E-state index is 0.0233. The van der Waals surface area contributed by atoms with Crippen LogP contribution in [0.2, 0.25) is 0 Å². The van der Waals surface area contributed by atoms with Crippen LogP contribution in [-0.4, -0.2) is 16.9 Å². The van der Waals surface area contributed by atoms with Crippen molar-refractivity contribution in [2.45, 2.75) is 13.8 Å². The van der Waals surface area contributed by atoms with Gasteiger partial charge in [0.2, 0.25) is 5.91 Å². The maximum absolute atomic E-state index is 12.0. The summed E-state index contributed by atoms with van der Waals surface area (Å²) in [6, 6.07) is 8.74. The van der Waals surface area contributed by atoms with Crippen molar-refractivity contribution in [1.29, 1.82) is 0 Å². The van der Waals surface area contributed by atoms with Crippen molar-refractivity contribution in [2.75, 3.05) is 0 Å². The molecule has 1 aromatic carbocycles. The molecule has 0 aliphatic heterocycles. The molecule has 0 spiro atoms. The standard InChI is InChI=1S/C17H16BrN3O3S/c1-10-3-5-12(9-14(10)18)16(23)20-21-17(25)19-15(22)8-7-13-6-4-11(2)24-13/h3-9H,1-2H3,(H,20,23)(H2,19,21,22,25)/b8-7+. The van der Waals surface area contributed by atoms with Crippen molar-refractivity contribution < 1.29 is 14.0 Å². The first-order valence-corrected chi connectivity index (χ1v) is 8.47. The summed E-state index contributed by atoms with van der Waals surface area (Å²) in [4.78, 5) is 23.8. The Morgan fingerprint density at radius 1 is 1.16 bits per heavy atom. The van der Waals surface area contributed by atoms with Gasteiger partial charge >= 0.3 is 0 Å². The van der Waals surface area contributed by atoms with E-state index in [1.54, 1.807) is 24.3 Å². The first kappa shape index (κ1) is 18.9. The van der Waals surface area contributed by atoms with E-state index in [9.17, 15) is 9.59 Å². The molecule has 25 heavy (non-hydrogen) atoms. The summed E-state index contributed by atoms with van der Waals surface area (Å²) in [5, 5.41) is 2.39. The second-order valence-electron chi connectivity index (χ2n) is 5.14. The molecular formula is C17H16BrN3O3S. The molecule has 0 saturated heterocycles. The van der Waals surface area contributed by atoms with Crippen molar-refractivity contribution in [3.63, 3.8) is 0 Å². The van der Waals surface area contributed by atoms with E-state index in [1.165, 1.54) is 12.2 Å². The lowest BCUT2D eigenvalue weighted by Gasteiger charge is -2.10. The normalized spacial score (nSPS) is 10.5. The van der Waals surface area contributed by atoms with Crippen LogP contribution in [0.25, 0.3) is 6.08 Å². The first-order chi connectivity index (χ1) is 11.8. The van der Waals surface area contributed by atoms with E-state index in [4.69, 9.17) is 16.6 Å². The maximum Gasteiger partial charge on any atom is 0.269 e. The summed E-state index contributed by atoms with van der Waals surface area (Å²) in [7, 11) is 0. The van der Waals surface area contributed by atoms with Crippen LogP contribution in [0.15, 0.2) is 45.3 Å². The molecule has 1 heterocycles. The lowest BCUT2D eigenvalue weighted by atomic mass is 10.1. The fourth-order valence-corrected chi connectivity index (χ4v) is 2.34. The number of nitrogens with one attached hydrogen (secondary N) is 3. The summed E-state index contributed by atoms with van der Waals surface area (Å²) in [5.41, 5.74) is 6.37. The van der Waals surface area contributed by atoms with Crippen LogP contribution in [0.3, 0.4) is 0 Å². The Labute approximate surface area is 158 Å². The Bertz CT molecular complexity index is 845. The molecule has 6 nitrogen and oxygen atoms in total. The SMILES string of the molecule is Cc1ccc(/C=C/C(=O)NC(=S)NNC(=O)c2ccc(C)c(Br)c2)o1. The van der Waals surface area contributed by atoms with Gasteiger partial charge in [0, 0.05) is 16.1 Å². The van der Waals surface area contributed by atoms with E-state index >= 15 is 0 Å². The molecule has 0 aliphatic carbocycles. The highest BCUT2D eigenvalue weighted by Crippen LogP contribution is 2.17. The smallest absolute Gasteiger partial charge is 0.269 e. The van der Waals surface area contributed by atoms with Gasteiger partial charge < -0.3 is 4.42 Å². The van der Waals surface area contributed by atoms with Gasteiger partial charge in [-0.15, -0.1) is 0 Å². The largest absolute Gasteiger partial charge is 0.462 e. The highest BCUT2D eigenvalue weighted by atomic mass is 79.9. The second-order valence-corrected chi connectivity index (χ2v) is 6.41. The fraction of sp³-hybridized carbons (Fsp3) is 0.118. The molecule has 2 aromatic rings. The van der Waals surface area contributed by atoms with Crippen LogP contribution < -0.4 is 16.2 Å². The molecule has 3 N–H and O–H groups in total. The number of hydrogen-bond donors (Lipinski definition) is 3. The summed E-state index contributed by atoms with van der Waals surface area (Å²) in [5.74, 6) is 0.491. The van der Waals surface area contributed by atoms with Gasteiger partial charge in [0.25, 0.3) is 5.91 Å². The highest BCUT2D eigenvalue weighted by molar-refractivity contribution is 9.10. The Morgan fingerprint density at radius 3 is 2.56 bits per heavy atom. The van der Waals surface area contributed by atoms with Crippen LogP contribution in [0, 0.1) is 13.8 Å². The fourth-order valence-electron chi connectivity index (χ4n) is 1.81. The number of halogens is 1. The summed E-state index contributed by atoms with van der Waals surface area (Å²) in [6.45, 7) is 3.73. The number of carbonyl (C=O) groups excluding carboxylic acids is 2. The van der Waals surface area contributed by atoms with Crippen LogP contribution in [0.4, 0.5) is 0 Å². The Hall–Kier alpha value is -2.45. The molecule has 0 aliphatic rings. The van der Waals surface area contributed by atoms with Gasteiger partial charge in [-0.05, 0) is 62.0 Å². The molecule has 0 radical (unpaired) electrons. The molecule has 0 unspecified atom stereocenters. The predicted octanol–water partition coefficient (Wildman–Crippen LogP) is 3.01. The zero-order valence-corrected chi connectivity index (χ0v) is 16.0. The molecule has 0 bridgehead atoms. The van der Waals surface area contributed by atoms with Crippen LogP contribution in [-0.2, 0) is 4.79 Å². The van der Waals surface area contributed by atoms with Crippen molar-refractivity contribution in [3.8, 4) is 0 Å². The number of rotatable bonds is 3. The second kappa shape index (κ2) is 8.59. The van der Waals surface area contributed by atoms with Crippen LogP contribution in [0.5, 0.6) is 0 Å². The van der Waals surface area contributed by atoms with Crippen molar-refractivity contribution in [2.24, 2.45) is 0 Å². The number of hydrogen-bond acceptors (Lipinski definition) is 4. The zero-order chi connectivity index (χ0) is 18.4. The molecule has 130 valence electrons. The Balaban J connectivity index is 1.81. The first-order valence-electron chi connectivity index (χ1n) is 7.27. The molecule has 1 aromatic heterocycles. The Kier molecular flexibility index (Phi) is 6.49. The number of benzene rings is 1. The molecular weight excluding hydrogens is 406 g/mol. The summed E-state index contributed by atoms with van der Waals surface area (Å²) in [6.07, 6.45) is 2.80. The third-order valence-corrected chi connectivity index (χ3v) is 4.18. The maximum atomic E-state index is 12.0. The third kappa shape index (κ3) is 5.84. The number of carbonyl (C=O) groups is 2. The van der Waals surface area contributed by atoms with Crippen molar-refractivity contribution in [1.82, 2.24) is 16.2 Å². The van der Waals surface area contributed by atoms with E-state index in [-0.39, 0.29) is 11.0 Å². The van der Waals surface area contributed by atoms with E-state index in [2.05, 4.69) is 32.1 Å². The average molecular weight is 422 g/mol. The van der Waals surface area contributed by atoms with E-state index in [0.29, 0.717) is 11.3 Å². The lowest BCUT2D eigenvalue weighted by Crippen LogP contribution is -2.48. The minimum atomic E-state index is -0.445. The molecule has 2 rings (SSSR count). The van der Waals surface area contributed by atoms with Gasteiger partial charge in [-0.3, -0.25) is 25.8 Å². The lowest BCUT2D eigenvalue weighted by molar-refractivity contribution is -0.115. The summed E-state index contributed by atoms with van der Waals surface area (Å²) >= 11 is 8.32. The molecule has 0 saturated carbocycles.